The number of nitrogens with zero attached hydrogens (tertiary/aromatic N) is 1. The Labute approximate surface area is 146 Å². The number of anilines is 2. The van der Waals surface area contributed by atoms with E-state index >= 15 is 0 Å². The molecule has 4 nitrogen and oxygen atoms in total. The van der Waals surface area contributed by atoms with E-state index in [-0.39, 0.29) is 24.1 Å². The minimum absolute atomic E-state index is 0.0591. The van der Waals surface area contributed by atoms with E-state index in [0.29, 0.717) is 17.8 Å². The lowest BCUT2D eigenvalue weighted by atomic mass is 10.1. The van der Waals surface area contributed by atoms with Gasteiger partial charge in [-0.2, -0.15) is 0 Å². The zero-order chi connectivity index (χ0) is 18.0. The Bertz CT molecular complexity index is 819. The highest BCUT2D eigenvalue weighted by molar-refractivity contribution is 6.03. The summed E-state index contributed by atoms with van der Waals surface area (Å²) in [7, 11) is 0. The quantitative estimate of drug-likeness (QED) is 0.923. The molecule has 5 heteroatoms. The number of hydrogen-bond acceptors (Lipinski definition) is 2. The van der Waals surface area contributed by atoms with E-state index in [1.165, 1.54) is 6.07 Å². The van der Waals surface area contributed by atoms with Gasteiger partial charge in [0.2, 0.25) is 11.8 Å². The van der Waals surface area contributed by atoms with Gasteiger partial charge >= 0.3 is 0 Å². The molecule has 0 bridgehead atoms. The number of aryl methyl sites for hydroxylation is 2. The predicted molar refractivity (Wildman–Crippen MR) is 96.0 cm³/mol. The lowest BCUT2D eigenvalue weighted by Crippen LogP contribution is -2.28. The summed E-state index contributed by atoms with van der Waals surface area (Å²) in [5, 5.41) is 2.72. The number of carbonyl (C=O) groups is 2. The molecule has 0 radical (unpaired) electrons. The van der Waals surface area contributed by atoms with Crippen LogP contribution in [-0.2, 0) is 16.0 Å². The monoisotopic (exact) mass is 340 g/mol. The van der Waals surface area contributed by atoms with Crippen molar-refractivity contribution in [1.29, 1.82) is 0 Å². The first-order chi connectivity index (χ1) is 12.0. The molecule has 0 saturated carbocycles. The maximum Gasteiger partial charge on any atom is 0.229 e. The highest BCUT2D eigenvalue weighted by atomic mass is 19.1. The van der Waals surface area contributed by atoms with Crippen molar-refractivity contribution in [3.8, 4) is 0 Å². The normalized spacial score (nSPS) is 17.0. The van der Waals surface area contributed by atoms with Crippen LogP contribution >= 0.6 is 0 Å². The molecule has 0 unspecified atom stereocenters. The van der Waals surface area contributed by atoms with E-state index in [0.717, 1.165) is 17.7 Å². The molecule has 0 spiro atoms. The lowest BCUT2D eigenvalue weighted by molar-refractivity contribution is -0.122. The minimum Gasteiger partial charge on any atom is -0.326 e. The Morgan fingerprint density at radius 1 is 1.28 bits per heavy atom. The van der Waals surface area contributed by atoms with E-state index < -0.39 is 5.92 Å². The zero-order valence-electron chi connectivity index (χ0n) is 14.4. The number of rotatable bonds is 4. The molecule has 1 heterocycles. The van der Waals surface area contributed by atoms with Crippen LogP contribution in [-0.4, -0.2) is 18.4 Å². The number of nitrogens with one attached hydrogen (secondary N) is 1. The van der Waals surface area contributed by atoms with Crippen molar-refractivity contribution < 1.29 is 14.0 Å². The van der Waals surface area contributed by atoms with Crippen molar-refractivity contribution in [3.05, 3.63) is 59.4 Å². The van der Waals surface area contributed by atoms with Gasteiger partial charge in [-0.3, -0.25) is 9.59 Å². The van der Waals surface area contributed by atoms with Gasteiger partial charge in [-0.1, -0.05) is 31.2 Å². The van der Waals surface area contributed by atoms with Gasteiger partial charge in [0.15, 0.2) is 0 Å². The van der Waals surface area contributed by atoms with Crippen LogP contribution in [0.3, 0.4) is 0 Å². The van der Waals surface area contributed by atoms with Crippen molar-refractivity contribution in [2.45, 2.75) is 26.7 Å². The molecule has 1 aliphatic rings. The van der Waals surface area contributed by atoms with E-state index in [1.807, 2.05) is 31.2 Å². The summed E-state index contributed by atoms with van der Waals surface area (Å²) >= 11 is 0. The van der Waals surface area contributed by atoms with E-state index in [9.17, 15) is 14.0 Å². The fourth-order valence-electron chi connectivity index (χ4n) is 3.10. The molecule has 25 heavy (non-hydrogen) atoms. The highest BCUT2D eigenvalue weighted by Crippen LogP contribution is 2.29. The van der Waals surface area contributed by atoms with Crippen LogP contribution in [0.4, 0.5) is 15.8 Å². The largest absolute Gasteiger partial charge is 0.326 e. The summed E-state index contributed by atoms with van der Waals surface area (Å²) < 4.78 is 13.6. The number of hydrogen-bond donors (Lipinski definition) is 1. The fraction of sp³-hybridized carbons (Fsp3) is 0.300. The summed E-state index contributed by atoms with van der Waals surface area (Å²) in [5.41, 5.74) is 2.88. The number of para-hydroxylation sites is 1. The molecule has 130 valence electrons. The second kappa shape index (κ2) is 7.05. The smallest absolute Gasteiger partial charge is 0.229 e. The lowest BCUT2D eigenvalue weighted by Gasteiger charge is -2.20. The van der Waals surface area contributed by atoms with Crippen LogP contribution < -0.4 is 10.2 Å². The fourth-order valence-corrected chi connectivity index (χ4v) is 3.10. The second-order valence-corrected chi connectivity index (χ2v) is 6.34. The van der Waals surface area contributed by atoms with E-state index in [4.69, 9.17) is 0 Å². The third-order valence-electron chi connectivity index (χ3n) is 4.60. The van der Waals surface area contributed by atoms with Crippen LogP contribution in [0.2, 0.25) is 0 Å². The number of halogens is 1. The second-order valence-electron chi connectivity index (χ2n) is 6.34. The van der Waals surface area contributed by atoms with Crippen LogP contribution in [0.15, 0.2) is 42.5 Å². The summed E-state index contributed by atoms with van der Waals surface area (Å²) in [6, 6.07) is 12.3. The average Bonchev–Trinajstić information content (AvgIpc) is 3.00. The Hall–Kier alpha value is -2.69. The molecule has 1 saturated heterocycles. The molecule has 0 aromatic heterocycles. The molecule has 2 aromatic carbocycles. The number of carbonyl (C=O) groups excluding carboxylic acids is 2. The maximum atomic E-state index is 13.6. The van der Waals surface area contributed by atoms with Crippen LogP contribution in [0.5, 0.6) is 0 Å². The predicted octanol–water partition coefficient (Wildman–Crippen LogP) is 3.69. The Morgan fingerprint density at radius 2 is 2.04 bits per heavy atom. The van der Waals surface area contributed by atoms with Gasteiger partial charge in [0, 0.05) is 24.3 Å². The Kier molecular flexibility index (Phi) is 4.83. The van der Waals surface area contributed by atoms with Gasteiger partial charge in [-0.25, -0.2) is 4.39 Å². The topological polar surface area (TPSA) is 49.4 Å². The molecule has 3 rings (SSSR count). The molecule has 2 aromatic rings. The molecule has 1 fully saturated rings. The van der Waals surface area contributed by atoms with Gasteiger partial charge in [0.05, 0.1) is 5.92 Å². The molecular weight excluding hydrogens is 319 g/mol. The third kappa shape index (κ3) is 3.55. The number of amides is 2. The van der Waals surface area contributed by atoms with Crippen molar-refractivity contribution in [3.63, 3.8) is 0 Å². The minimum atomic E-state index is -0.443. The SMILES string of the molecule is CCc1ccccc1N1C[C@H](C(=O)Nc2ccc(C)c(F)c2)CC1=O. The molecule has 1 atom stereocenters. The summed E-state index contributed by atoms with van der Waals surface area (Å²) in [5.74, 6) is -1.12. The molecular formula is C20H21FN2O2. The first-order valence-corrected chi connectivity index (χ1v) is 8.45. The van der Waals surface area contributed by atoms with Crippen molar-refractivity contribution in [2.24, 2.45) is 5.92 Å². The third-order valence-corrected chi connectivity index (χ3v) is 4.60. The standard InChI is InChI=1S/C20H21FN2O2/c1-3-14-6-4-5-7-18(14)23-12-15(10-19(23)24)20(25)22-16-9-8-13(2)17(21)11-16/h4-9,11,15H,3,10,12H2,1-2H3,(H,22,25)/t15-/m1/s1. The average molecular weight is 340 g/mol. The summed E-state index contributed by atoms with van der Waals surface area (Å²) in [6.07, 6.45) is 0.984. The van der Waals surface area contributed by atoms with Crippen molar-refractivity contribution in [1.82, 2.24) is 0 Å². The van der Waals surface area contributed by atoms with Crippen molar-refractivity contribution >= 4 is 23.2 Å². The first-order valence-electron chi connectivity index (χ1n) is 8.45. The van der Waals surface area contributed by atoms with Gasteiger partial charge in [-0.05, 0) is 42.7 Å². The molecule has 1 aliphatic heterocycles. The molecule has 2 amide bonds. The Balaban J connectivity index is 1.73. The molecule has 0 aliphatic carbocycles. The summed E-state index contributed by atoms with van der Waals surface area (Å²) in [6.45, 7) is 4.05. The first kappa shape index (κ1) is 17.1. The van der Waals surface area contributed by atoms with Gasteiger partial charge < -0.3 is 10.2 Å². The van der Waals surface area contributed by atoms with E-state index in [1.54, 1.807) is 24.0 Å². The van der Waals surface area contributed by atoms with E-state index in [2.05, 4.69) is 5.32 Å². The summed E-state index contributed by atoms with van der Waals surface area (Å²) in [4.78, 5) is 26.5. The highest BCUT2D eigenvalue weighted by Gasteiger charge is 2.35. The maximum absolute atomic E-state index is 13.6. The van der Waals surface area contributed by atoms with Gasteiger partial charge in [0.25, 0.3) is 0 Å². The zero-order valence-corrected chi connectivity index (χ0v) is 14.4. The van der Waals surface area contributed by atoms with Crippen LogP contribution in [0.1, 0.15) is 24.5 Å². The van der Waals surface area contributed by atoms with Crippen LogP contribution in [0.25, 0.3) is 0 Å². The van der Waals surface area contributed by atoms with Gasteiger partial charge in [0.1, 0.15) is 5.82 Å². The molecule has 1 N–H and O–H groups in total. The number of benzene rings is 2. The van der Waals surface area contributed by atoms with Crippen molar-refractivity contribution in [2.75, 3.05) is 16.8 Å². The van der Waals surface area contributed by atoms with Gasteiger partial charge in [-0.15, -0.1) is 0 Å². The Morgan fingerprint density at radius 3 is 2.76 bits per heavy atom. The van der Waals surface area contributed by atoms with Crippen LogP contribution in [0, 0.1) is 18.7 Å².